The number of carbonyl (C=O) groups excluding carboxylic acids is 1. The molecule has 0 aliphatic heterocycles. The van der Waals surface area contributed by atoms with Crippen LogP contribution in [0.25, 0.3) is 0 Å². The second kappa shape index (κ2) is 6.10. The van der Waals surface area contributed by atoms with Crippen LogP contribution in [0.2, 0.25) is 0 Å². The Morgan fingerprint density at radius 3 is 2.70 bits per heavy atom. The predicted molar refractivity (Wildman–Crippen MR) is 72.7 cm³/mol. The molecule has 2 N–H and O–H groups in total. The van der Waals surface area contributed by atoms with Crippen molar-refractivity contribution in [3.63, 3.8) is 0 Å². The topological polar surface area (TPSA) is 54.0 Å². The molecule has 0 spiro atoms. The first-order valence-electron chi connectivity index (χ1n) is 6.06. The summed E-state index contributed by atoms with van der Waals surface area (Å²) in [5.41, 5.74) is 0.684. The summed E-state index contributed by atoms with van der Waals surface area (Å²) in [7, 11) is 0. The van der Waals surface area contributed by atoms with E-state index < -0.39 is 17.5 Å². The third-order valence-corrected chi connectivity index (χ3v) is 2.55. The van der Waals surface area contributed by atoms with Gasteiger partial charge in [0.15, 0.2) is 0 Å². The summed E-state index contributed by atoms with van der Waals surface area (Å²) in [4.78, 5) is 15.8. The van der Waals surface area contributed by atoms with Crippen LogP contribution >= 0.6 is 0 Å². The van der Waals surface area contributed by atoms with Crippen LogP contribution in [0.5, 0.6) is 0 Å². The molecule has 2 rings (SSSR count). The fraction of sp³-hybridized carbons (Fsp3) is 0.143. The number of hydrogen-bond donors (Lipinski definition) is 2. The van der Waals surface area contributed by atoms with Gasteiger partial charge in [0.25, 0.3) is 5.91 Å². The van der Waals surface area contributed by atoms with Crippen molar-refractivity contribution in [1.29, 1.82) is 0 Å². The van der Waals surface area contributed by atoms with Gasteiger partial charge in [-0.15, -0.1) is 0 Å². The summed E-state index contributed by atoms with van der Waals surface area (Å²) in [6, 6.07) is 6.04. The fourth-order valence-corrected chi connectivity index (χ4v) is 1.62. The smallest absolute Gasteiger partial charge is 0.274 e. The van der Waals surface area contributed by atoms with Gasteiger partial charge >= 0.3 is 0 Å². The molecule has 0 radical (unpaired) electrons. The molecule has 0 saturated carbocycles. The van der Waals surface area contributed by atoms with E-state index in [1.54, 1.807) is 6.07 Å². The van der Waals surface area contributed by atoms with Gasteiger partial charge in [0, 0.05) is 12.6 Å². The van der Waals surface area contributed by atoms with Crippen LogP contribution < -0.4 is 10.6 Å². The van der Waals surface area contributed by atoms with E-state index in [-0.39, 0.29) is 11.4 Å². The largest absolute Gasteiger partial charge is 0.384 e. The Labute approximate surface area is 114 Å². The maximum atomic E-state index is 13.4. The quantitative estimate of drug-likeness (QED) is 0.903. The number of amides is 1. The second-order valence-electron chi connectivity index (χ2n) is 4.04. The lowest BCUT2D eigenvalue weighted by Gasteiger charge is -2.07. The highest BCUT2D eigenvalue weighted by atomic mass is 19.1. The first-order chi connectivity index (χ1) is 9.60. The van der Waals surface area contributed by atoms with Crippen molar-refractivity contribution in [2.45, 2.75) is 6.92 Å². The zero-order valence-corrected chi connectivity index (χ0v) is 10.8. The highest BCUT2D eigenvalue weighted by Crippen LogP contribution is 2.16. The second-order valence-corrected chi connectivity index (χ2v) is 4.04. The molecule has 0 saturated heterocycles. The van der Waals surface area contributed by atoms with E-state index in [2.05, 4.69) is 15.6 Å². The molecule has 1 amide bonds. The van der Waals surface area contributed by atoms with Crippen LogP contribution in [0.15, 0.2) is 36.5 Å². The Balaban J connectivity index is 2.13. The maximum absolute atomic E-state index is 13.4. The highest BCUT2D eigenvalue weighted by molar-refractivity contribution is 6.03. The number of aromatic nitrogens is 1. The highest BCUT2D eigenvalue weighted by Gasteiger charge is 2.11. The van der Waals surface area contributed by atoms with Gasteiger partial charge < -0.3 is 10.6 Å². The summed E-state index contributed by atoms with van der Waals surface area (Å²) in [5, 5.41) is 5.32. The average molecular weight is 277 g/mol. The van der Waals surface area contributed by atoms with E-state index in [1.165, 1.54) is 12.3 Å². The number of rotatable bonds is 4. The van der Waals surface area contributed by atoms with Crippen molar-refractivity contribution in [3.8, 4) is 0 Å². The molecule has 6 heteroatoms. The zero-order chi connectivity index (χ0) is 14.5. The van der Waals surface area contributed by atoms with Crippen LogP contribution in [0.1, 0.15) is 17.4 Å². The third-order valence-electron chi connectivity index (χ3n) is 2.55. The van der Waals surface area contributed by atoms with Crippen molar-refractivity contribution < 1.29 is 13.6 Å². The molecule has 0 aliphatic carbocycles. The first kappa shape index (κ1) is 13.9. The van der Waals surface area contributed by atoms with Gasteiger partial charge in [0.05, 0.1) is 17.6 Å². The fourth-order valence-electron chi connectivity index (χ4n) is 1.62. The molecule has 4 nitrogen and oxygen atoms in total. The standard InChI is InChI=1S/C14H13F2N3O/c1-2-17-10-4-6-12(18-8-10)14(20)19-13-7-9(15)3-5-11(13)16/h3-8,17H,2H2,1H3,(H,19,20). The number of nitrogens with one attached hydrogen (secondary N) is 2. The molecular formula is C14H13F2N3O. The lowest BCUT2D eigenvalue weighted by atomic mass is 10.2. The molecule has 0 atom stereocenters. The van der Waals surface area contributed by atoms with Crippen molar-refractivity contribution in [3.05, 3.63) is 53.9 Å². The minimum Gasteiger partial charge on any atom is -0.384 e. The number of pyridine rings is 1. The molecule has 0 aliphatic rings. The summed E-state index contributed by atoms with van der Waals surface area (Å²) in [6.07, 6.45) is 1.50. The first-order valence-corrected chi connectivity index (χ1v) is 6.06. The van der Waals surface area contributed by atoms with Gasteiger partial charge in [0.1, 0.15) is 17.3 Å². The van der Waals surface area contributed by atoms with E-state index in [1.807, 2.05) is 6.92 Å². The normalized spacial score (nSPS) is 10.2. The number of nitrogens with zero attached hydrogens (tertiary/aromatic N) is 1. The third kappa shape index (κ3) is 3.28. The minimum atomic E-state index is -0.705. The Morgan fingerprint density at radius 1 is 1.25 bits per heavy atom. The van der Waals surface area contributed by atoms with Crippen LogP contribution in [0.3, 0.4) is 0 Å². The molecule has 1 aromatic carbocycles. The SMILES string of the molecule is CCNc1ccc(C(=O)Nc2cc(F)ccc2F)nc1. The van der Waals surface area contributed by atoms with Crippen LogP contribution in [0, 0.1) is 11.6 Å². The number of benzene rings is 1. The van der Waals surface area contributed by atoms with Crippen LogP contribution in [0.4, 0.5) is 20.2 Å². The molecule has 20 heavy (non-hydrogen) atoms. The van der Waals surface area contributed by atoms with Gasteiger partial charge in [0.2, 0.25) is 0 Å². The van der Waals surface area contributed by atoms with Crippen molar-refractivity contribution >= 4 is 17.3 Å². The summed E-state index contributed by atoms with van der Waals surface area (Å²) < 4.78 is 26.4. The Kier molecular flexibility index (Phi) is 4.24. The monoisotopic (exact) mass is 277 g/mol. The van der Waals surface area contributed by atoms with Gasteiger partial charge in [-0.25, -0.2) is 13.8 Å². The number of anilines is 2. The van der Waals surface area contributed by atoms with Gasteiger partial charge in [-0.2, -0.15) is 0 Å². The zero-order valence-electron chi connectivity index (χ0n) is 10.8. The van der Waals surface area contributed by atoms with Gasteiger partial charge in [-0.3, -0.25) is 4.79 Å². The molecule has 0 unspecified atom stereocenters. The molecular weight excluding hydrogens is 264 g/mol. The number of carbonyl (C=O) groups is 1. The number of halogens is 2. The average Bonchev–Trinajstić information content (AvgIpc) is 2.44. The van der Waals surface area contributed by atoms with Crippen LogP contribution in [-0.2, 0) is 0 Å². The molecule has 0 bridgehead atoms. The summed E-state index contributed by atoms with van der Waals surface area (Å²) >= 11 is 0. The summed E-state index contributed by atoms with van der Waals surface area (Å²) in [5.74, 6) is -1.93. The van der Waals surface area contributed by atoms with Crippen LogP contribution in [-0.4, -0.2) is 17.4 Å². The Hall–Kier alpha value is -2.50. The predicted octanol–water partition coefficient (Wildman–Crippen LogP) is 3.04. The lowest BCUT2D eigenvalue weighted by molar-refractivity contribution is 0.102. The number of hydrogen-bond acceptors (Lipinski definition) is 3. The molecule has 2 aromatic rings. The molecule has 0 fully saturated rings. The van der Waals surface area contributed by atoms with Crippen molar-refractivity contribution in [2.75, 3.05) is 17.2 Å². The lowest BCUT2D eigenvalue weighted by Crippen LogP contribution is -2.15. The minimum absolute atomic E-state index is 0.121. The van der Waals surface area contributed by atoms with E-state index >= 15 is 0 Å². The van der Waals surface area contributed by atoms with Crippen molar-refractivity contribution in [1.82, 2.24) is 4.98 Å². The van der Waals surface area contributed by atoms with Gasteiger partial charge in [-0.1, -0.05) is 0 Å². The molecule has 1 aromatic heterocycles. The van der Waals surface area contributed by atoms with E-state index in [0.29, 0.717) is 0 Å². The summed E-state index contributed by atoms with van der Waals surface area (Å²) in [6.45, 7) is 2.68. The van der Waals surface area contributed by atoms with E-state index in [9.17, 15) is 13.6 Å². The van der Waals surface area contributed by atoms with Crippen molar-refractivity contribution in [2.24, 2.45) is 0 Å². The molecule has 1 heterocycles. The maximum Gasteiger partial charge on any atom is 0.274 e. The Bertz CT molecular complexity index is 614. The van der Waals surface area contributed by atoms with Gasteiger partial charge in [-0.05, 0) is 31.2 Å². The Morgan fingerprint density at radius 2 is 2.05 bits per heavy atom. The van der Waals surface area contributed by atoms with E-state index in [4.69, 9.17) is 0 Å². The van der Waals surface area contributed by atoms with E-state index in [0.717, 1.165) is 30.4 Å². The molecule has 104 valence electrons.